The molecule has 0 aliphatic carbocycles. The van der Waals surface area contributed by atoms with E-state index in [1.165, 1.54) is 12.3 Å². The lowest BCUT2D eigenvalue weighted by Crippen LogP contribution is -2.18. The lowest BCUT2D eigenvalue weighted by molar-refractivity contribution is -0.116. The summed E-state index contributed by atoms with van der Waals surface area (Å²) in [6.07, 6.45) is 4.85. The number of nitrogens with one attached hydrogen (secondary N) is 1. The fourth-order valence-electron chi connectivity index (χ4n) is 2.85. The molecule has 0 saturated heterocycles. The van der Waals surface area contributed by atoms with Crippen LogP contribution in [0.4, 0.5) is 5.69 Å². The van der Waals surface area contributed by atoms with Gasteiger partial charge in [-0.25, -0.2) is 13.4 Å². The topological polar surface area (TPSA) is 85.4 Å². The Bertz CT molecular complexity index is 866. The first kappa shape index (κ1) is 18.4. The van der Waals surface area contributed by atoms with Crippen molar-refractivity contribution in [3.05, 3.63) is 48.2 Å². The summed E-state index contributed by atoms with van der Waals surface area (Å²) in [6.45, 7) is 0.536. The number of unbranched alkanes of at least 4 members (excludes halogenated alkanes) is 2. The number of carbonyl (C=O) groups excluding carboxylic acids is 1. The maximum atomic E-state index is 12.1. The molecule has 0 radical (unpaired) electrons. The number of benzene rings is 1. The summed E-state index contributed by atoms with van der Waals surface area (Å²) in [5.41, 5.74) is 1.94. The molecule has 7 heteroatoms. The number of carbonyl (C=O) groups is 1. The van der Waals surface area contributed by atoms with Gasteiger partial charge in [0, 0.05) is 18.3 Å². The third-order valence-corrected chi connectivity index (χ3v) is 5.96. The summed E-state index contributed by atoms with van der Waals surface area (Å²) in [6, 6.07) is 10.6. The van der Waals surface area contributed by atoms with Gasteiger partial charge in [-0.15, -0.1) is 0 Å². The Labute approximate surface area is 153 Å². The van der Waals surface area contributed by atoms with E-state index < -0.39 is 9.84 Å². The maximum Gasteiger partial charge on any atom is 0.224 e. The highest BCUT2D eigenvalue weighted by atomic mass is 32.2. The Morgan fingerprint density at radius 3 is 2.77 bits per heavy atom. The Balaban J connectivity index is 1.39. The number of rotatable bonds is 8. The van der Waals surface area contributed by atoms with Crippen molar-refractivity contribution < 1.29 is 17.9 Å². The molecule has 1 aliphatic heterocycles. The van der Waals surface area contributed by atoms with Crippen molar-refractivity contribution in [2.75, 3.05) is 17.7 Å². The number of amides is 1. The maximum absolute atomic E-state index is 12.1. The molecule has 26 heavy (non-hydrogen) atoms. The first-order valence-electron chi connectivity index (χ1n) is 8.74. The van der Waals surface area contributed by atoms with Crippen LogP contribution in [-0.2, 0) is 21.1 Å². The molecular formula is C19H22N2O4S. The summed E-state index contributed by atoms with van der Waals surface area (Å²) < 4.78 is 30.0. The zero-order valence-electron chi connectivity index (χ0n) is 14.5. The molecule has 0 fully saturated rings. The van der Waals surface area contributed by atoms with E-state index in [0.29, 0.717) is 19.4 Å². The molecular weight excluding hydrogens is 352 g/mol. The Morgan fingerprint density at radius 1 is 1.08 bits per heavy atom. The van der Waals surface area contributed by atoms with E-state index in [1.807, 2.05) is 18.2 Å². The second kappa shape index (κ2) is 8.31. The average Bonchev–Trinajstić information content (AvgIpc) is 2.65. The minimum absolute atomic E-state index is 0.0480. The molecule has 2 heterocycles. The van der Waals surface area contributed by atoms with Gasteiger partial charge in [0.05, 0.1) is 12.4 Å². The lowest BCUT2D eigenvalue weighted by Gasteiger charge is -2.17. The van der Waals surface area contributed by atoms with Gasteiger partial charge in [0.2, 0.25) is 5.91 Å². The number of nitrogens with zero attached hydrogens (tertiary/aromatic N) is 1. The summed E-state index contributed by atoms with van der Waals surface area (Å²) in [4.78, 5) is 15.3. The van der Waals surface area contributed by atoms with E-state index in [9.17, 15) is 13.2 Å². The van der Waals surface area contributed by atoms with Crippen LogP contribution in [0.2, 0.25) is 0 Å². The number of hydrogen-bond donors (Lipinski definition) is 1. The average molecular weight is 374 g/mol. The van der Waals surface area contributed by atoms with Crippen LogP contribution in [0.1, 0.15) is 31.2 Å². The van der Waals surface area contributed by atoms with Crippen molar-refractivity contribution in [3.8, 4) is 5.75 Å². The summed E-state index contributed by atoms with van der Waals surface area (Å²) in [5, 5.41) is 2.98. The van der Waals surface area contributed by atoms with Gasteiger partial charge < -0.3 is 10.1 Å². The molecule has 2 aromatic rings. The highest BCUT2D eigenvalue weighted by molar-refractivity contribution is 7.91. The monoisotopic (exact) mass is 374 g/mol. The SMILES string of the molecule is O=C1CCc2cc(OCCCCCS(=O)(=O)c3ccccn3)ccc2N1. The van der Waals surface area contributed by atoms with Crippen LogP contribution in [0.15, 0.2) is 47.6 Å². The van der Waals surface area contributed by atoms with E-state index in [1.54, 1.807) is 12.1 Å². The van der Waals surface area contributed by atoms with E-state index in [-0.39, 0.29) is 16.7 Å². The van der Waals surface area contributed by atoms with Gasteiger partial charge in [0.25, 0.3) is 0 Å². The van der Waals surface area contributed by atoms with Gasteiger partial charge in [-0.3, -0.25) is 4.79 Å². The van der Waals surface area contributed by atoms with Gasteiger partial charge in [0.1, 0.15) is 5.75 Å². The van der Waals surface area contributed by atoms with Crippen molar-refractivity contribution in [1.82, 2.24) is 4.98 Å². The third-order valence-electron chi connectivity index (χ3n) is 4.25. The lowest BCUT2D eigenvalue weighted by atomic mass is 10.0. The van der Waals surface area contributed by atoms with Gasteiger partial charge >= 0.3 is 0 Å². The number of ether oxygens (including phenoxy) is 1. The molecule has 1 aliphatic rings. The van der Waals surface area contributed by atoms with Crippen LogP contribution < -0.4 is 10.1 Å². The first-order chi connectivity index (χ1) is 12.5. The summed E-state index contributed by atoms with van der Waals surface area (Å²) in [5.74, 6) is 0.926. The van der Waals surface area contributed by atoms with Crippen LogP contribution in [0.5, 0.6) is 5.75 Å². The first-order valence-corrected chi connectivity index (χ1v) is 10.4. The highest BCUT2D eigenvalue weighted by Gasteiger charge is 2.16. The predicted molar refractivity (Wildman–Crippen MR) is 99.0 cm³/mol. The fraction of sp³-hybridized carbons (Fsp3) is 0.368. The van der Waals surface area contributed by atoms with Crippen LogP contribution >= 0.6 is 0 Å². The summed E-state index contributed by atoms with van der Waals surface area (Å²) in [7, 11) is -3.30. The number of sulfone groups is 1. The quantitative estimate of drug-likeness (QED) is 0.718. The van der Waals surface area contributed by atoms with E-state index in [2.05, 4.69) is 10.3 Å². The zero-order chi connectivity index (χ0) is 18.4. The summed E-state index contributed by atoms with van der Waals surface area (Å²) >= 11 is 0. The molecule has 6 nitrogen and oxygen atoms in total. The second-order valence-electron chi connectivity index (χ2n) is 6.26. The molecule has 0 spiro atoms. The second-order valence-corrected chi connectivity index (χ2v) is 8.32. The minimum Gasteiger partial charge on any atom is -0.494 e. The van der Waals surface area contributed by atoms with E-state index in [4.69, 9.17) is 4.74 Å². The molecule has 1 N–H and O–H groups in total. The molecule has 1 aromatic heterocycles. The number of aryl methyl sites for hydroxylation is 1. The van der Waals surface area contributed by atoms with Crippen molar-refractivity contribution in [1.29, 1.82) is 0 Å². The number of fused-ring (bicyclic) bond motifs is 1. The van der Waals surface area contributed by atoms with Crippen molar-refractivity contribution in [2.45, 2.75) is 37.1 Å². The predicted octanol–water partition coefficient (Wildman–Crippen LogP) is 2.99. The van der Waals surface area contributed by atoms with Crippen LogP contribution in [0.3, 0.4) is 0 Å². The normalized spacial score (nSPS) is 13.8. The van der Waals surface area contributed by atoms with Crippen LogP contribution in [0.25, 0.3) is 0 Å². The number of pyridine rings is 1. The molecule has 1 amide bonds. The minimum atomic E-state index is -3.30. The van der Waals surface area contributed by atoms with Crippen molar-refractivity contribution in [3.63, 3.8) is 0 Å². The van der Waals surface area contributed by atoms with E-state index >= 15 is 0 Å². The molecule has 0 saturated carbocycles. The highest BCUT2D eigenvalue weighted by Crippen LogP contribution is 2.26. The Morgan fingerprint density at radius 2 is 1.96 bits per heavy atom. The number of hydrogen-bond acceptors (Lipinski definition) is 5. The van der Waals surface area contributed by atoms with Crippen LogP contribution in [-0.4, -0.2) is 31.7 Å². The number of aromatic nitrogens is 1. The van der Waals surface area contributed by atoms with Gasteiger partial charge in [-0.2, -0.15) is 0 Å². The molecule has 1 aromatic carbocycles. The molecule has 138 valence electrons. The zero-order valence-corrected chi connectivity index (χ0v) is 15.3. The Kier molecular flexibility index (Phi) is 5.88. The van der Waals surface area contributed by atoms with Crippen LogP contribution in [0, 0.1) is 0 Å². The van der Waals surface area contributed by atoms with Crippen molar-refractivity contribution in [2.24, 2.45) is 0 Å². The largest absolute Gasteiger partial charge is 0.494 e. The molecule has 0 atom stereocenters. The van der Waals surface area contributed by atoms with E-state index in [0.717, 1.165) is 36.3 Å². The number of anilines is 1. The fourth-order valence-corrected chi connectivity index (χ4v) is 4.15. The molecule has 0 bridgehead atoms. The van der Waals surface area contributed by atoms with Gasteiger partial charge in [0.15, 0.2) is 14.9 Å². The Hall–Kier alpha value is -2.41. The van der Waals surface area contributed by atoms with Crippen molar-refractivity contribution >= 4 is 21.4 Å². The molecule has 0 unspecified atom stereocenters. The smallest absolute Gasteiger partial charge is 0.224 e. The third kappa shape index (κ3) is 4.82. The standard InChI is InChI=1S/C19H22N2O4S/c22-18-10-7-15-14-16(8-9-17(15)21-18)25-12-4-1-5-13-26(23,24)19-6-2-3-11-20-19/h2-3,6,8-9,11,14H,1,4-5,7,10,12-13H2,(H,21,22). The van der Waals surface area contributed by atoms with Gasteiger partial charge in [-0.1, -0.05) is 6.07 Å². The van der Waals surface area contributed by atoms with Gasteiger partial charge in [-0.05, 0) is 61.6 Å². The molecule has 3 rings (SSSR count).